The highest BCUT2D eigenvalue weighted by molar-refractivity contribution is 6.66. The van der Waals surface area contributed by atoms with Crippen LogP contribution in [0.4, 0.5) is 4.79 Å². The maximum atomic E-state index is 12.7. The molecule has 40 heavy (non-hydrogen) atoms. The van der Waals surface area contributed by atoms with E-state index in [0.717, 1.165) is 18.4 Å². The van der Waals surface area contributed by atoms with Crippen molar-refractivity contribution in [2.75, 3.05) is 87.5 Å². The summed E-state index contributed by atoms with van der Waals surface area (Å²) in [6.45, 7) is 16.1. The quantitative estimate of drug-likeness (QED) is 0.0798. The maximum Gasteiger partial charge on any atom is 0.500 e. The first kappa shape index (κ1) is 38.7. The maximum absolute atomic E-state index is 12.7. The van der Waals surface area contributed by atoms with Gasteiger partial charge >= 0.3 is 23.5 Å². The third kappa shape index (κ3) is 16.9. The van der Waals surface area contributed by atoms with Gasteiger partial charge in [-0.1, -0.05) is 0 Å². The number of hydrogen-bond acceptors (Lipinski definition) is 9. The fourth-order valence-corrected chi connectivity index (χ4v) is 9.18. The van der Waals surface area contributed by atoms with Crippen LogP contribution in [0.2, 0.25) is 18.6 Å². The lowest BCUT2D eigenvalue weighted by Gasteiger charge is -2.28. The molecule has 1 unspecified atom stereocenters. The van der Waals surface area contributed by atoms with Crippen LogP contribution in [0.15, 0.2) is 4.99 Å². The summed E-state index contributed by atoms with van der Waals surface area (Å²) in [7, 11) is 2.75. The minimum absolute atomic E-state index is 0.238. The Morgan fingerprint density at radius 2 is 1.32 bits per heavy atom. The number of nitrogens with zero attached hydrogens (tertiary/aromatic N) is 3. The fourth-order valence-electron chi connectivity index (χ4n) is 4.19. The molecule has 0 radical (unpaired) electrons. The standard InChI is InChI=1S/C26H58N4O8Si2/c1-11-33-39(10,34-12-2)20-17-19-32-23-24(22-28-25(29(6)7)30(8)9)38-26(31)27-18-16-21-40(35-13-3,36-14-4)37-15-5/h24H,11-23H2,1-10H3,(H,27,31). The van der Waals surface area contributed by atoms with Gasteiger partial charge in [-0.05, 0) is 60.1 Å². The molecule has 1 N–H and O–H groups in total. The Balaban J connectivity index is 5.03. The fraction of sp³-hybridized carbons (Fsp3) is 0.923. The van der Waals surface area contributed by atoms with E-state index in [-0.39, 0.29) is 13.2 Å². The van der Waals surface area contributed by atoms with E-state index in [9.17, 15) is 4.79 Å². The molecule has 0 rings (SSSR count). The molecular weight excluding hydrogens is 552 g/mol. The van der Waals surface area contributed by atoms with Crippen LogP contribution >= 0.6 is 0 Å². The Kier molecular flexibility index (Phi) is 21.6. The summed E-state index contributed by atoms with van der Waals surface area (Å²) in [4.78, 5) is 21.1. The van der Waals surface area contributed by atoms with Crippen molar-refractivity contribution in [2.45, 2.75) is 72.2 Å². The first-order valence-corrected chi connectivity index (χ1v) is 19.1. The first-order chi connectivity index (χ1) is 19.0. The summed E-state index contributed by atoms with van der Waals surface area (Å²) in [5.41, 5.74) is 0. The zero-order valence-corrected chi connectivity index (χ0v) is 28.9. The Morgan fingerprint density at radius 3 is 1.80 bits per heavy atom. The summed E-state index contributed by atoms with van der Waals surface area (Å²) in [5, 5.41) is 2.84. The molecule has 0 aromatic carbocycles. The van der Waals surface area contributed by atoms with Crippen molar-refractivity contribution in [1.29, 1.82) is 0 Å². The van der Waals surface area contributed by atoms with Crippen LogP contribution in [-0.4, -0.2) is 133 Å². The minimum atomic E-state index is -2.75. The van der Waals surface area contributed by atoms with E-state index in [0.29, 0.717) is 58.7 Å². The zero-order valence-electron chi connectivity index (χ0n) is 26.9. The normalized spacial score (nSPS) is 12.7. The number of hydrogen-bond donors (Lipinski definition) is 1. The molecule has 0 aliphatic carbocycles. The number of alkyl carbamates (subject to hydrolysis) is 1. The SMILES string of the molecule is CCO[Si](C)(CCCOCC(CN=C(N(C)C)N(C)C)OC(=O)NCCC[Si](OCC)(OCC)OCC)OCC. The molecule has 0 aromatic rings. The lowest BCUT2D eigenvalue weighted by Crippen LogP contribution is -2.46. The van der Waals surface area contributed by atoms with Gasteiger partial charge in [0.25, 0.3) is 0 Å². The summed E-state index contributed by atoms with van der Waals surface area (Å²) in [6, 6.07) is 1.45. The highest BCUT2D eigenvalue weighted by Crippen LogP contribution is 2.18. The molecule has 238 valence electrons. The number of amides is 1. The van der Waals surface area contributed by atoms with Crippen molar-refractivity contribution in [1.82, 2.24) is 15.1 Å². The van der Waals surface area contributed by atoms with Gasteiger partial charge in [-0.25, -0.2) is 9.79 Å². The van der Waals surface area contributed by atoms with Crippen molar-refractivity contribution in [3.05, 3.63) is 0 Å². The van der Waals surface area contributed by atoms with Crippen molar-refractivity contribution in [2.24, 2.45) is 4.99 Å². The van der Waals surface area contributed by atoms with Crippen molar-refractivity contribution >= 4 is 29.4 Å². The van der Waals surface area contributed by atoms with Gasteiger partial charge in [0.1, 0.15) is 6.10 Å². The lowest BCUT2D eigenvalue weighted by atomic mass is 10.4. The third-order valence-electron chi connectivity index (χ3n) is 5.65. The molecular formula is C26H58N4O8Si2. The molecule has 1 atom stereocenters. The van der Waals surface area contributed by atoms with Gasteiger partial charge in [0, 0.05) is 80.4 Å². The van der Waals surface area contributed by atoms with E-state index in [1.807, 2.05) is 72.6 Å². The van der Waals surface area contributed by atoms with E-state index >= 15 is 0 Å². The largest absolute Gasteiger partial charge is 0.500 e. The molecule has 0 fully saturated rings. The third-order valence-corrected chi connectivity index (χ3v) is 11.9. The second-order valence-corrected chi connectivity index (χ2v) is 15.7. The van der Waals surface area contributed by atoms with Crippen LogP contribution < -0.4 is 5.32 Å². The second kappa shape index (κ2) is 22.3. The van der Waals surface area contributed by atoms with Gasteiger partial charge in [-0.2, -0.15) is 0 Å². The number of carbonyl (C=O) groups is 1. The average Bonchev–Trinajstić information content (AvgIpc) is 2.86. The minimum Gasteiger partial charge on any atom is -0.442 e. The number of guanidine groups is 1. The van der Waals surface area contributed by atoms with Crippen LogP contribution in [0.5, 0.6) is 0 Å². The van der Waals surface area contributed by atoms with Crippen LogP contribution in [0, 0.1) is 0 Å². The van der Waals surface area contributed by atoms with Gasteiger partial charge in [0.05, 0.1) is 13.2 Å². The summed E-state index contributed by atoms with van der Waals surface area (Å²) in [5.74, 6) is 0.772. The predicted molar refractivity (Wildman–Crippen MR) is 163 cm³/mol. The van der Waals surface area contributed by atoms with Crippen molar-refractivity contribution < 1.29 is 36.4 Å². The summed E-state index contributed by atoms with van der Waals surface area (Å²) >= 11 is 0. The number of aliphatic imine (C=N–C) groups is 1. The number of ether oxygens (including phenoxy) is 2. The van der Waals surface area contributed by atoms with Crippen LogP contribution in [0.1, 0.15) is 47.5 Å². The molecule has 0 saturated heterocycles. The van der Waals surface area contributed by atoms with Gasteiger partial charge in [0.15, 0.2) is 5.96 Å². The molecule has 0 bridgehead atoms. The van der Waals surface area contributed by atoms with Crippen molar-refractivity contribution in [3.63, 3.8) is 0 Å². The van der Waals surface area contributed by atoms with Gasteiger partial charge in [-0.15, -0.1) is 0 Å². The molecule has 0 aliphatic heterocycles. The molecule has 1 amide bonds. The second-order valence-electron chi connectivity index (χ2n) is 9.65. The molecule has 0 aliphatic rings. The molecule has 14 heteroatoms. The summed E-state index contributed by atoms with van der Waals surface area (Å²) < 4.78 is 41.1. The Hall–Kier alpha value is -1.27. The summed E-state index contributed by atoms with van der Waals surface area (Å²) in [6.07, 6.45) is 0.399. The lowest BCUT2D eigenvalue weighted by molar-refractivity contribution is 0.0236. The monoisotopic (exact) mass is 610 g/mol. The topological polar surface area (TPSA) is 113 Å². The van der Waals surface area contributed by atoms with Gasteiger partial charge in [0.2, 0.25) is 0 Å². The van der Waals surface area contributed by atoms with E-state index in [1.165, 1.54) is 0 Å². The average molecular weight is 611 g/mol. The van der Waals surface area contributed by atoms with Crippen molar-refractivity contribution in [3.8, 4) is 0 Å². The molecule has 0 heterocycles. The molecule has 0 saturated carbocycles. The van der Waals surface area contributed by atoms with Crippen LogP contribution in [0.25, 0.3) is 0 Å². The van der Waals surface area contributed by atoms with Gasteiger partial charge < -0.3 is 46.7 Å². The highest BCUT2D eigenvalue weighted by Gasteiger charge is 2.39. The smallest absolute Gasteiger partial charge is 0.442 e. The van der Waals surface area contributed by atoms with Crippen LogP contribution in [0.3, 0.4) is 0 Å². The van der Waals surface area contributed by atoms with Crippen LogP contribution in [-0.2, 0) is 31.6 Å². The number of carbonyl (C=O) groups excluding carboxylic acids is 1. The first-order valence-electron chi connectivity index (χ1n) is 14.6. The molecule has 12 nitrogen and oxygen atoms in total. The number of nitrogens with one attached hydrogen (secondary N) is 1. The van der Waals surface area contributed by atoms with E-state index in [2.05, 4.69) is 16.9 Å². The Morgan fingerprint density at radius 1 is 0.800 bits per heavy atom. The van der Waals surface area contributed by atoms with E-state index in [4.69, 9.17) is 31.6 Å². The molecule has 0 aromatic heterocycles. The molecule has 0 spiro atoms. The predicted octanol–water partition coefficient (Wildman–Crippen LogP) is 3.55. The highest BCUT2D eigenvalue weighted by atomic mass is 28.4. The Labute approximate surface area is 245 Å². The van der Waals surface area contributed by atoms with Gasteiger partial charge in [-0.3, -0.25) is 0 Å². The van der Waals surface area contributed by atoms with E-state index in [1.54, 1.807) is 0 Å². The zero-order chi connectivity index (χ0) is 30.4. The van der Waals surface area contributed by atoms with E-state index < -0.39 is 29.6 Å². The Bertz CT molecular complexity index is 656. The number of rotatable bonds is 23.